The Labute approximate surface area is 167 Å². The van der Waals surface area contributed by atoms with E-state index < -0.39 is 0 Å². The van der Waals surface area contributed by atoms with Crippen LogP contribution in [0.25, 0.3) is 11.6 Å². The number of fused-ring (bicyclic) bond motifs is 2. The average molecular weight is 376 g/mol. The standard InChI is InChI=1S/C24H29N3O/c28-24-21(16-19-15-18-6-2-3-7-22(18)25-19)20-14-17(8-9-23(20)26-24)10-13-27-11-4-1-5-12-27/h8-9,14-16,25H,1-7,10-13H2,(H,26,28). The minimum Gasteiger partial charge on any atom is -0.359 e. The van der Waals surface area contributed by atoms with Gasteiger partial charge in [0.15, 0.2) is 0 Å². The quantitative estimate of drug-likeness (QED) is 0.778. The molecule has 1 aromatic carbocycles. The number of rotatable bonds is 4. The Balaban J connectivity index is 1.37. The molecule has 1 aliphatic carbocycles. The number of hydrogen-bond acceptors (Lipinski definition) is 2. The maximum Gasteiger partial charge on any atom is 0.256 e. The molecule has 0 unspecified atom stereocenters. The van der Waals surface area contributed by atoms with Crippen LogP contribution in [-0.2, 0) is 24.1 Å². The van der Waals surface area contributed by atoms with Crippen molar-refractivity contribution in [3.63, 3.8) is 0 Å². The molecule has 0 atom stereocenters. The molecule has 0 bridgehead atoms. The molecule has 0 saturated carbocycles. The van der Waals surface area contributed by atoms with Crippen molar-refractivity contribution in [2.45, 2.75) is 51.4 Å². The summed E-state index contributed by atoms with van der Waals surface area (Å²) in [6.07, 6.45) is 11.9. The van der Waals surface area contributed by atoms with Crippen LogP contribution in [0.2, 0.25) is 0 Å². The molecule has 4 heteroatoms. The monoisotopic (exact) mass is 375 g/mol. The van der Waals surface area contributed by atoms with Crippen molar-refractivity contribution >= 4 is 23.2 Å². The molecule has 1 fully saturated rings. The first-order valence-electron chi connectivity index (χ1n) is 10.9. The Bertz CT molecular complexity index is 894. The highest BCUT2D eigenvalue weighted by Crippen LogP contribution is 2.34. The van der Waals surface area contributed by atoms with E-state index in [9.17, 15) is 4.79 Å². The van der Waals surface area contributed by atoms with Crippen LogP contribution in [0.1, 0.15) is 60.2 Å². The number of carbonyl (C=O) groups is 1. The SMILES string of the molecule is O=C1Nc2ccc(CCN3CCCCC3)cc2C1=Cc1cc2c([nH]1)CCCC2. The molecule has 0 radical (unpaired) electrons. The van der Waals surface area contributed by atoms with Gasteiger partial charge in [-0.15, -0.1) is 0 Å². The van der Waals surface area contributed by atoms with Crippen LogP contribution in [0.3, 0.4) is 0 Å². The van der Waals surface area contributed by atoms with Crippen LogP contribution >= 0.6 is 0 Å². The van der Waals surface area contributed by atoms with Crippen LogP contribution < -0.4 is 5.32 Å². The highest BCUT2D eigenvalue weighted by Gasteiger charge is 2.25. The number of benzene rings is 1. The molecule has 3 heterocycles. The average Bonchev–Trinajstić information content (AvgIpc) is 3.27. The van der Waals surface area contributed by atoms with E-state index in [4.69, 9.17) is 0 Å². The van der Waals surface area contributed by atoms with Crippen molar-refractivity contribution in [1.29, 1.82) is 0 Å². The Morgan fingerprint density at radius 3 is 2.71 bits per heavy atom. The van der Waals surface area contributed by atoms with Crippen molar-refractivity contribution in [3.8, 4) is 0 Å². The smallest absolute Gasteiger partial charge is 0.256 e. The Kier molecular flexibility index (Phi) is 4.81. The number of nitrogens with one attached hydrogen (secondary N) is 2. The predicted octanol–water partition coefficient (Wildman–Crippen LogP) is 4.41. The van der Waals surface area contributed by atoms with Gasteiger partial charge in [-0.3, -0.25) is 4.79 Å². The Morgan fingerprint density at radius 1 is 1.00 bits per heavy atom. The summed E-state index contributed by atoms with van der Waals surface area (Å²) in [7, 11) is 0. The third kappa shape index (κ3) is 3.53. The lowest BCUT2D eigenvalue weighted by atomic mass is 9.98. The first-order valence-corrected chi connectivity index (χ1v) is 10.9. The van der Waals surface area contributed by atoms with Crippen LogP contribution in [0, 0.1) is 0 Å². The summed E-state index contributed by atoms with van der Waals surface area (Å²) in [5, 5.41) is 3.03. The summed E-state index contributed by atoms with van der Waals surface area (Å²) >= 11 is 0. The van der Waals surface area contributed by atoms with Crippen LogP contribution in [0.4, 0.5) is 5.69 Å². The molecule has 5 rings (SSSR count). The molecule has 3 aliphatic rings. The number of anilines is 1. The molecule has 2 N–H and O–H groups in total. The van der Waals surface area contributed by atoms with E-state index in [-0.39, 0.29) is 5.91 Å². The highest BCUT2D eigenvalue weighted by molar-refractivity contribution is 6.34. The third-order valence-corrected chi connectivity index (χ3v) is 6.47. The van der Waals surface area contributed by atoms with Gasteiger partial charge in [-0.2, -0.15) is 0 Å². The first-order chi connectivity index (χ1) is 13.8. The second-order valence-corrected chi connectivity index (χ2v) is 8.48. The van der Waals surface area contributed by atoms with Gasteiger partial charge in [0.25, 0.3) is 5.91 Å². The lowest BCUT2D eigenvalue weighted by Crippen LogP contribution is -2.31. The zero-order chi connectivity index (χ0) is 18.9. The number of carbonyl (C=O) groups excluding carboxylic acids is 1. The van der Waals surface area contributed by atoms with E-state index in [1.807, 2.05) is 6.08 Å². The van der Waals surface area contributed by atoms with Crippen molar-refractivity contribution in [1.82, 2.24) is 9.88 Å². The lowest BCUT2D eigenvalue weighted by Gasteiger charge is -2.26. The van der Waals surface area contributed by atoms with Crippen LogP contribution in [0.15, 0.2) is 24.3 Å². The number of aromatic amines is 1. The fraction of sp³-hybridized carbons (Fsp3) is 0.458. The van der Waals surface area contributed by atoms with Gasteiger partial charge in [-0.1, -0.05) is 12.5 Å². The molecule has 2 aromatic rings. The van der Waals surface area contributed by atoms with Gasteiger partial charge in [0.1, 0.15) is 0 Å². The second kappa shape index (κ2) is 7.59. The maximum atomic E-state index is 12.6. The van der Waals surface area contributed by atoms with Crippen LogP contribution in [-0.4, -0.2) is 35.4 Å². The van der Waals surface area contributed by atoms with E-state index in [2.05, 4.69) is 39.5 Å². The summed E-state index contributed by atoms with van der Waals surface area (Å²) in [4.78, 5) is 18.7. The van der Waals surface area contributed by atoms with Gasteiger partial charge >= 0.3 is 0 Å². The summed E-state index contributed by atoms with van der Waals surface area (Å²) in [5.41, 5.74) is 7.93. The summed E-state index contributed by atoms with van der Waals surface area (Å²) < 4.78 is 0. The summed E-state index contributed by atoms with van der Waals surface area (Å²) in [6, 6.07) is 8.68. The molecular weight excluding hydrogens is 346 g/mol. The molecule has 28 heavy (non-hydrogen) atoms. The molecule has 1 saturated heterocycles. The maximum absolute atomic E-state index is 12.6. The lowest BCUT2D eigenvalue weighted by molar-refractivity contribution is -0.110. The largest absolute Gasteiger partial charge is 0.359 e. The predicted molar refractivity (Wildman–Crippen MR) is 114 cm³/mol. The van der Waals surface area contributed by atoms with Gasteiger partial charge in [0.2, 0.25) is 0 Å². The Hall–Kier alpha value is -2.33. The molecule has 2 aliphatic heterocycles. The van der Waals surface area contributed by atoms with Gasteiger partial charge in [-0.25, -0.2) is 0 Å². The minimum absolute atomic E-state index is 0.00996. The highest BCUT2D eigenvalue weighted by atomic mass is 16.2. The number of likely N-dealkylation sites (tertiary alicyclic amines) is 1. The molecular formula is C24H29N3O. The number of amides is 1. The van der Waals surface area contributed by atoms with Crippen molar-refractivity contribution in [2.24, 2.45) is 0 Å². The fourth-order valence-corrected chi connectivity index (χ4v) is 4.87. The summed E-state index contributed by atoms with van der Waals surface area (Å²) in [5.74, 6) is 0.00996. The minimum atomic E-state index is 0.00996. The van der Waals surface area contributed by atoms with E-state index in [1.165, 1.54) is 62.0 Å². The fourth-order valence-electron chi connectivity index (χ4n) is 4.87. The molecule has 1 amide bonds. The number of H-pyrrole nitrogens is 1. The van der Waals surface area contributed by atoms with E-state index in [1.54, 1.807) is 0 Å². The normalized spacial score (nSPS) is 20.9. The number of aromatic nitrogens is 1. The van der Waals surface area contributed by atoms with E-state index >= 15 is 0 Å². The topological polar surface area (TPSA) is 48.1 Å². The number of piperidine rings is 1. The third-order valence-electron chi connectivity index (χ3n) is 6.47. The van der Waals surface area contributed by atoms with E-state index in [0.29, 0.717) is 0 Å². The van der Waals surface area contributed by atoms with Gasteiger partial charge in [0.05, 0.1) is 5.57 Å². The molecule has 1 aromatic heterocycles. The Morgan fingerprint density at radius 2 is 1.86 bits per heavy atom. The molecule has 4 nitrogen and oxygen atoms in total. The second-order valence-electron chi connectivity index (χ2n) is 8.48. The zero-order valence-corrected chi connectivity index (χ0v) is 16.5. The zero-order valence-electron chi connectivity index (χ0n) is 16.5. The molecule has 0 spiro atoms. The van der Waals surface area contributed by atoms with Crippen molar-refractivity contribution in [3.05, 3.63) is 52.3 Å². The van der Waals surface area contributed by atoms with Gasteiger partial charge in [-0.05, 0) is 93.4 Å². The summed E-state index contributed by atoms with van der Waals surface area (Å²) in [6.45, 7) is 3.57. The van der Waals surface area contributed by atoms with Crippen LogP contribution in [0.5, 0.6) is 0 Å². The van der Waals surface area contributed by atoms with Crippen molar-refractivity contribution < 1.29 is 4.79 Å². The van der Waals surface area contributed by atoms with Gasteiger partial charge < -0.3 is 15.2 Å². The number of hydrogen-bond donors (Lipinski definition) is 2. The molecule has 146 valence electrons. The number of aryl methyl sites for hydroxylation is 2. The van der Waals surface area contributed by atoms with Gasteiger partial charge in [0, 0.05) is 29.2 Å². The van der Waals surface area contributed by atoms with E-state index in [0.717, 1.165) is 48.3 Å². The van der Waals surface area contributed by atoms with Crippen molar-refractivity contribution in [2.75, 3.05) is 25.0 Å². The number of nitrogens with zero attached hydrogens (tertiary/aromatic N) is 1. The first kappa shape index (κ1) is 17.7.